The van der Waals surface area contributed by atoms with Gasteiger partial charge in [0.1, 0.15) is 0 Å². The summed E-state index contributed by atoms with van der Waals surface area (Å²) in [6.07, 6.45) is 0. The van der Waals surface area contributed by atoms with Crippen molar-refractivity contribution in [2.75, 3.05) is 0 Å². The molecule has 5 aromatic rings. The maximum atomic E-state index is 4.82. The molecule has 3 aromatic carbocycles. The highest BCUT2D eigenvalue weighted by molar-refractivity contribution is 9.10. The quantitative estimate of drug-likeness (QED) is 0.399. The average Bonchev–Trinajstić information content (AvgIpc) is 3.13. The van der Waals surface area contributed by atoms with Crippen LogP contribution in [0.3, 0.4) is 0 Å². The monoisotopic (exact) mass is 400 g/mol. The predicted octanol–water partition coefficient (Wildman–Crippen LogP) is 5.37. The van der Waals surface area contributed by atoms with Gasteiger partial charge in [-0.25, -0.2) is 4.98 Å². The van der Waals surface area contributed by atoms with E-state index in [-0.39, 0.29) is 0 Å². The molecule has 0 unspecified atom stereocenters. The molecule has 124 valence electrons. The Kier molecular flexibility index (Phi) is 3.53. The molecule has 4 nitrogen and oxygen atoms in total. The smallest absolute Gasteiger partial charge is 0.256 e. The predicted molar refractivity (Wildman–Crippen MR) is 107 cm³/mol. The van der Waals surface area contributed by atoms with E-state index in [4.69, 9.17) is 4.98 Å². The number of rotatable bonds is 2. The maximum Gasteiger partial charge on any atom is 0.256 e. The van der Waals surface area contributed by atoms with Crippen LogP contribution in [-0.2, 0) is 0 Å². The molecule has 0 saturated heterocycles. The lowest BCUT2D eigenvalue weighted by Crippen LogP contribution is -1.97. The van der Waals surface area contributed by atoms with E-state index in [2.05, 4.69) is 50.4 Å². The van der Waals surface area contributed by atoms with Gasteiger partial charge in [-0.1, -0.05) is 76.6 Å². The van der Waals surface area contributed by atoms with Crippen LogP contribution in [0.25, 0.3) is 39.3 Å². The SMILES string of the molecule is Brc1ccc(-c2nnc3nc(-c4ccccc4)c4ccccc4n23)cc1. The van der Waals surface area contributed by atoms with Crippen molar-refractivity contribution in [3.63, 3.8) is 0 Å². The summed E-state index contributed by atoms with van der Waals surface area (Å²) in [5.41, 5.74) is 4.03. The van der Waals surface area contributed by atoms with Crippen molar-refractivity contribution in [1.82, 2.24) is 19.6 Å². The number of para-hydroxylation sites is 1. The molecule has 5 rings (SSSR count). The van der Waals surface area contributed by atoms with Crippen molar-refractivity contribution in [1.29, 1.82) is 0 Å². The molecule has 0 aliphatic carbocycles. The molecule has 0 radical (unpaired) electrons. The van der Waals surface area contributed by atoms with Crippen molar-refractivity contribution in [2.45, 2.75) is 0 Å². The molecule has 0 aliphatic heterocycles. The first kappa shape index (κ1) is 15.2. The fourth-order valence-corrected chi connectivity index (χ4v) is 3.47. The first-order valence-electron chi connectivity index (χ1n) is 8.26. The molecule has 0 aliphatic rings. The molecule has 2 aromatic heterocycles. The molecule has 26 heavy (non-hydrogen) atoms. The van der Waals surface area contributed by atoms with Crippen molar-refractivity contribution in [3.05, 3.63) is 83.3 Å². The zero-order valence-corrected chi connectivity index (χ0v) is 15.3. The molecule has 0 amide bonds. The topological polar surface area (TPSA) is 43.1 Å². The highest BCUT2D eigenvalue weighted by Crippen LogP contribution is 2.30. The van der Waals surface area contributed by atoms with Gasteiger partial charge in [0.25, 0.3) is 5.78 Å². The Bertz CT molecular complexity index is 1230. The second-order valence-electron chi connectivity index (χ2n) is 6.01. The summed E-state index contributed by atoms with van der Waals surface area (Å²) in [5, 5.41) is 9.83. The van der Waals surface area contributed by atoms with E-state index in [0.29, 0.717) is 5.78 Å². The van der Waals surface area contributed by atoms with Gasteiger partial charge in [-0.05, 0) is 18.2 Å². The Balaban J connectivity index is 1.86. The van der Waals surface area contributed by atoms with Crippen LogP contribution in [-0.4, -0.2) is 19.6 Å². The highest BCUT2D eigenvalue weighted by Gasteiger charge is 2.15. The molecule has 0 saturated carbocycles. The van der Waals surface area contributed by atoms with E-state index in [1.54, 1.807) is 0 Å². The Hall–Kier alpha value is -3.05. The van der Waals surface area contributed by atoms with Gasteiger partial charge in [0, 0.05) is 21.0 Å². The van der Waals surface area contributed by atoms with Crippen molar-refractivity contribution in [2.24, 2.45) is 0 Å². The summed E-state index contributed by atoms with van der Waals surface area (Å²) in [7, 11) is 0. The molecular weight excluding hydrogens is 388 g/mol. The van der Waals surface area contributed by atoms with Gasteiger partial charge < -0.3 is 0 Å². The van der Waals surface area contributed by atoms with Gasteiger partial charge in [-0.15, -0.1) is 10.2 Å². The molecule has 5 heteroatoms. The summed E-state index contributed by atoms with van der Waals surface area (Å²) in [6, 6.07) is 26.5. The minimum Gasteiger partial charge on any atom is -0.259 e. The summed E-state index contributed by atoms with van der Waals surface area (Å²) in [4.78, 5) is 4.82. The van der Waals surface area contributed by atoms with Crippen LogP contribution in [0.5, 0.6) is 0 Å². The molecule has 0 spiro atoms. The second-order valence-corrected chi connectivity index (χ2v) is 6.93. The fraction of sp³-hybridized carbons (Fsp3) is 0. The third-order valence-electron chi connectivity index (χ3n) is 4.41. The number of hydrogen-bond acceptors (Lipinski definition) is 3. The lowest BCUT2D eigenvalue weighted by molar-refractivity contribution is 1.10. The summed E-state index contributed by atoms with van der Waals surface area (Å²) in [5.74, 6) is 1.39. The number of fused-ring (bicyclic) bond motifs is 3. The van der Waals surface area contributed by atoms with Crippen molar-refractivity contribution >= 4 is 32.6 Å². The minimum absolute atomic E-state index is 0.598. The molecule has 0 atom stereocenters. The van der Waals surface area contributed by atoms with Crippen LogP contribution in [0.1, 0.15) is 0 Å². The number of halogens is 1. The van der Waals surface area contributed by atoms with Gasteiger partial charge in [0.15, 0.2) is 5.82 Å². The summed E-state index contributed by atoms with van der Waals surface area (Å²) >= 11 is 3.48. The third kappa shape index (κ3) is 2.40. The van der Waals surface area contributed by atoms with Crippen LogP contribution in [0, 0.1) is 0 Å². The van der Waals surface area contributed by atoms with Crippen LogP contribution in [0.2, 0.25) is 0 Å². The van der Waals surface area contributed by atoms with E-state index < -0.39 is 0 Å². The zero-order chi connectivity index (χ0) is 17.5. The van der Waals surface area contributed by atoms with Crippen molar-refractivity contribution in [3.8, 4) is 22.6 Å². The molecule has 0 N–H and O–H groups in total. The van der Waals surface area contributed by atoms with E-state index in [0.717, 1.165) is 38.0 Å². The number of hydrogen-bond donors (Lipinski definition) is 0. The van der Waals surface area contributed by atoms with Gasteiger partial charge in [0.2, 0.25) is 0 Å². The Morgan fingerprint density at radius 1 is 0.692 bits per heavy atom. The fourth-order valence-electron chi connectivity index (χ4n) is 3.20. The number of aromatic nitrogens is 4. The first-order chi connectivity index (χ1) is 12.8. The number of nitrogens with zero attached hydrogens (tertiary/aromatic N) is 4. The van der Waals surface area contributed by atoms with Crippen LogP contribution >= 0.6 is 15.9 Å². The van der Waals surface area contributed by atoms with Gasteiger partial charge in [-0.2, -0.15) is 0 Å². The third-order valence-corrected chi connectivity index (χ3v) is 4.94. The summed E-state index contributed by atoms with van der Waals surface area (Å²) in [6.45, 7) is 0. The van der Waals surface area contributed by atoms with Gasteiger partial charge in [-0.3, -0.25) is 4.40 Å². The van der Waals surface area contributed by atoms with Crippen LogP contribution in [0.4, 0.5) is 0 Å². The standard InChI is InChI=1S/C21H13BrN4/c22-16-12-10-15(11-13-16)20-24-25-21-23-19(14-6-2-1-3-7-14)17-8-4-5-9-18(17)26(20)21/h1-13H. The van der Waals surface area contributed by atoms with Crippen LogP contribution < -0.4 is 0 Å². The molecular formula is C21H13BrN4. The maximum absolute atomic E-state index is 4.82. The van der Waals surface area contributed by atoms with Crippen LogP contribution in [0.15, 0.2) is 83.3 Å². The highest BCUT2D eigenvalue weighted by atomic mass is 79.9. The lowest BCUT2D eigenvalue weighted by atomic mass is 10.1. The largest absolute Gasteiger partial charge is 0.259 e. The molecule has 0 bridgehead atoms. The summed E-state index contributed by atoms with van der Waals surface area (Å²) < 4.78 is 3.05. The Morgan fingerprint density at radius 3 is 2.23 bits per heavy atom. The Labute approximate surface area is 158 Å². The Morgan fingerprint density at radius 2 is 1.42 bits per heavy atom. The molecule has 2 heterocycles. The van der Waals surface area contributed by atoms with E-state index >= 15 is 0 Å². The lowest BCUT2D eigenvalue weighted by Gasteiger charge is -2.09. The number of benzene rings is 3. The van der Waals surface area contributed by atoms with Crippen molar-refractivity contribution < 1.29 is 0 Å². The molecule has 0 fully saturated rings. The zero-order valence-electron chi connectivity index (χ0n) is 13.7. The van der Waals surface area contributed by atoms with E-state index in [9.17, 15) is 0 Å². The van der Waals surface area contributed by atoms with Gasteiger partial charge in [0.05, 0.1) is 11.2 Å². The minimum atomic E-state index is 0.598. The van der Waals surface area contributed by atoms with E-state index in [1.165, 1.54) is 0 Å². The van der Waals surface area contributed by atoms with E-state index in [1.807, 2.05) is 59.0 Å². The van der Waals surface area contributed by atoms with Gasteiger partial charge >= 0.3 is 0 Å². The second kappa shape index (κ2) is 6.04. The average molecular weight is 401 g/mol. The first-order valence-corrected chi connectivity index (χ1v) is 9.06. The normalized spacial score (nSPS) is 11.3.